The highest BCUT2D eigenvalue weighted by atomic mass is 32.1. The Balaban J connectivity index is 1.29. The minimum Gasteiger partial charge on any atom is -0.377 e. The van der Waals surface area contributed by atoms with E-state index < -0.39 is 0 Å². The smallest absolute Gasteiger partial charge is 0.240 e. The Hall–Kier alpha value is -1.87. The van der Waals surface area contributed by atoms with Gasteiger partial charge in [0.05, 0.1) is 18.2 Å². The number of hydrogen-bond acceptors (Lipinski definition) is 6. The van der Waals surface area contributed by atoms with Gasteiger partial charge in [0.25, 0.3) is 0 Å². The van der Waals surface area contributed by atoms with Crippen molar-refractivity contribution in [3.8, 4) is 0 Å². The van der Waals surface area contributed by atoms with Crippen LogP contribution in [0.5, 0.6) is 0 Å². The highest BCUT2D eigenvalue weighted by Gasteiger charge is 2.46. The summed E-state index contributed by atoms with van der Waals surface area (Å²) in [6.07, 6.45) is 5.41. The zero-order valence-corrected chi connectivity index (χ0v) is 17.3. The summed E-state index contributed by atoms with van der Waals surface area (Å²) in [5.74, 6) is -0.323. The third-order valence-corrected chi connectivity index (χ3v) is 6.65. The van der Waals surface area contributed by atoms with Crippen molar-refractivity contribution in [3.63, 3.8) is 0 Å². The minimum atomic E-state index is -0.246. The van der Waals surface area contributed by atoms with E-state index in [4.69, 9.17) is 9.47 Å². The summed E-state index contributed by atoms with van der Waals surface area (Å²) in [5.41, 5.74) is 0.835. The Labute approximate surface area is 174 Å². The number of nitrogens with zero attached hydrogens (tertiary/aromatic N) is 2. The van der Waals surface area contributed by atoms with Crippen molar-refractivity contribution in [2.24, 2.45) is 0 Å². The number of likely N-dealkylation sites (tertiary alicyclic amines) is 1. The number of hydrogen-bond donors (Lipinski definition) is 1. The number of halogens is 1. The zero-order chi connectivity index (χ0) is 20.3. The number of carbonyl (C=O) groups excluding carboxylic acids is 1. The normalized spacial score (nSPS) is 24.8. The van der Waals surface area contributed by atoms with Crippen molar-refractivity contribution >= 4 is 22.4 Å². The fraction of sp³-hybridized carbons (Fsp3) is 0.524. The first-order valence-corrected chi connectivity index (χ1v) is 10.8. The number of amides is 1. The minimum absolute atomic E-state index is 0.00581. The number of anilines is 1. The largest absolute Gasteiger partial charge is 0.377 e. The second-order valence-corrected chi connectivity index (χ2v) is 8.82. The molecular weight excluding hydrogens is 393 g/mol. The van der Waals surface area contributed by atoms with Crippen molar-refractivity contribution in [2.45, 2.75) is 37.4 Å². The number of aromatic nitrogens is 1. The molecule has 2 aliphatic heterocycles. The van der Waals surface area contributed by atoms with Crippen molar-refractivity contribution in [1.82, 2.24) is 9.88 Å². The van der Waals surface area contributed by atoms with Crippen LogP contribution < -0.4 is 5.32 Å². The van der Waals surface area contributed by atoms with Crippen LogP contribution in [-0.4, -0.2) is 60.8 Å². The first-order valence-electron chi connectivity index (χ1n) is 9.94. The van der Waals surface area contributed by atoms with Gasteiger partial charge in [-0.15, -0.1) is 11.3 Å². The standard InChI is InChI=1S/C21H26FN3O3S/c1-27-18-13-25(9-8-21(18)7-2-10-28-21)14-19(26)24-20-23-12-17(29-20)11-15-3-5-16(22)6-4-15/h3-6,12,18H,2,7-11,13-14H2,1H3,(H,23,24,26). The molecule has 2 fully saturated rings. The molecule has 29 heavy (non-hydrogen) atoms. The van der Waals surface area contributed by atoms with E-state index >= 15 is 0 Å². The van der Waals surface area contributed by atoms with Crippen LogP contribution >= 0.6 is 11.3 Å². The highest BCUT2D eigenvalue weighted by Crippen LogP contribution is 2.37. The van der Waals surface area contributed by atoms with E-state index in [0.717, 1.165) is 42.9 Å². The number of thiazole rings is 1. The van der Waals surface area contributed by atoms with Crippen molar-refractivity contribution < 1.29 is 18.7 Å². The van der Waals surface area contributed by atoms with Gasteiger partial charge in [-0.1, -0.05) is 12.1 Å². The van der Waals surface area contributed by atoms with Gasteiger partial charge >= 0.3 is 0 Å². The van der Waals surface area contributed by atoms with Gasteiger partial charge < -0.3 is 14.8 Å². The fourth-order valence-electron chi connectivity index (χ4n) is 4.22. The quantitative estimate of drug-likeness (QED) is 0.780. The zero-order valence-electron chi connectivity index (χ0n) is 16.5. The van der Waals surface area contributed by atoms with Gasteiger partial charge in [0, 0.05) is 44.3 Å². The molecule has 2 aliphatic rings. The van der Waals surface area contributed by atoms with Gasteiger partial charge in [-0.05, 0) is 37.0 Å². The lowest BCUT2D eigenvalue weighted by Crippen LogP contribution is -2.57. The molecule has 3 heterocycles. The predicted octanol–water partition coefficient (Wildman–Crippen LogP) is 3.08. The first kappa shape index (κ1) is 20.4. The molecule has 0 saturated carbocycles. The van der Waals surface area contributed by atoms with Crippen molar-refractivity contribution in [1.29, 1.82) is 0 Å². The molecule has 156 valence electrons. The van der Waals surface area contributed by atoms with Gasteiger partial charge in [-0.2, -0.15) is 0 Å². The Bertz CT molecular complexity index is 836. The summed E-state index contributed by atoms with van der Waals surface area (Å²) >= 11 is 1.44. The van der Waals surface area contributed by atoms with E-state index in [0.29, 0.717) is 24.6 Å². The number of rotatable bonds is 6. The first-order chi connectivity index (χ1) is 14.1. The molecule has 1 spiro atoms. The average Bonchev–Trinajstić information content (AvgIpc) is 3.35. The van der Waals surface area contributed by atoms with E-state index in [1.165, 1.54) is 23.5 Å². The lowest BCUT2D eigenvalue weighted by atomic mass is 9.86. The summed E-state index contributed by atoms with van der Waals surface area (Å²) in [6, 6.07) is 6.42. The number of nitrogens with one attached hydrogen (secondary N) is 1. The Morgan fingerprint density at radius 3 is 2.97 bits per heavy atom. The molecule has 8 heteroatoms. The second-order valence-electron chi connectivity index (χ2n) is 7.71. The number of carbonyl (C=O) groups is 1. The maximum absolute atomic E-state index is 13.0. The van der Waals surface area contributed by atoms with Crippen LogP contribution in [0, 0.1) is 5.82 Å². The van der Waals surface area contributed by atoms with Gasteiger partial charge in [0.2, 0.25) is 5.91 Å². The summed E-state index contributed by atoms with van der Waals surface area (Å²) in [5, 5.41) is 3.48. The van der Waals surface area contributed by atoms with Crippen molar-refractivity contribution in [3.05, 3.63) is 46.7 Å². The number of ether oxygens (including phenoxy) is 2. The molecule has 2 unspecified atom stereocenters. The molecule has 0 bridgehead atoms. The average molecular weight is 420 g/mol. The van der Waals surface area contributed by atoms with Crippen LogP contribution in [0.15, 0.2) is 30.5 Å². The van der Waals surface area contributed by atoms with E-state index in [1.807, 2.05) is 0 Å². The van der Waals surface area contributed by atoms with E-state index in [2.05, 4.69) is 15.2 Å². The molecule has 2 aromatic rings. The molecule has 0 aliphatic carbocycles. The monoisotopic (exact) mass is 419 g/mol. The summed E-state index contributed by atoms with van der Waals surface area (Å²) in [6.45, 7) is 2.62. The van der Waals surface area contributed by atoms with Crippen molar-refractivity contribution in [2.75, 3.05) is 38.7 Å². The molecule has 4 rings (SSSR count). The van der Waals surface area contributed by atoms with E-state index in [9.17, 15) is 9.18 Å². The number of benzene rings is 1. The summed E-state index contributed by atoms with van der Waals surface area (Å²) in [7, 11) is 1.72. The second kappa shape index (κ2) is 8.87. The van der Waals surface area contributed by atoms with Gasteiger partial charge in [-0.3, -0.25) is 9.69 Å². The molecule has 1 aromatic carbocycles. The Kier molecular flexibility index (Phi) is 6.24. The van der Waals surface area contributed by atoms with Gasteiger partial charge in [0.1, 0.15) is 5.82 Å². The molecule has 2 atom stereocenters. The predicted molar refractivity (Wildman–Crippen MR) is 110 cm³/mol. The molecule has 6 nitrogen and oxygen atoms in total. The fourth-order valence-corrected chi connectivity index (χ4v) is 5.08. The van der Waals surface area contributed by atoms with Crippen LogP contribution in [0.25, 0.3) is 0 Å². The Morgan fingerprint density at radius 1 is 1.41 bits per heavy atom. The van der Waals surface area contributed by atoms with Crippen LogP contribution in [0.2, 0.25) is 0 Å². The van der Waals surface area contributed by atoms with E-state index in [1.54, 1.807) is 25.4 Å². The van der Waals surface area contributed by atoms with Crippen LogP contribution in [0.4, 0.5) is 9.52 Å². The number of piperidine rings is 1. The van der Waals surface area contributed by atoms with Crippen LogP contribution in [0.1, 0.15) is 29.7 Å². The molecule has 1 N–H and O–H groups in total. The molecule has 1 amide bonds. The van der Waals surface area contributed by atoms with Crippen LogP contribution in [0.3, 0.4) is 0 Å². The SMILES string of the molecule is COC1CN(CC(=O)Nc2ncc(Cc3ccc(F)cc3)s2)CCC12CCCO2. The molecule has 2 saturated heterocycles. The van der Waals surface area contributed by atoms with Gasteiger partial charge in [0.15, 0.2) is 5.13 Å². The Morgan fingerprint density at radius 2 is 2.24 bits per heavy atom. The van der Waals surface area contributed by atoms with Crippen LogP contribution in [-0.2, 0) is 20.7 Å². The maximum atomic E-state index is 13.0. The lowest BCUT2D eigenvalue weighted by molar-refractivity contribution is -0.145. The molecular formula is C21H26FN3O3S. The maximum Gasteiger partial charge on any atom is 0.240 e. The molecule has 0 radical (unpaired) electrons. The van der Waals surface area contributed by atoms with Gasteiger partial charge in [-0.25, -0.2) is 9.37 Å². The third kappa shape index (κ3) is 4.83. The molecule has 1 aromatic heterocycles. The lowest BCUT2D eigenvalue weighted by Gasteiger charge is -2.44. The van der Waals surface area contributed by atoms with E-state index in [-0.39, 0.29) is 23.4 Å². The highest BCUT2D eigenvalue weighted by molar-refractivity contribution is 7.15. The summed E-state index contributed by atoms with van der Waals surface area (Å²) in [4.78, 5) is 19.9. The third-order valence-electron chi connectivity index (χ3n) is 5.74. The summed E-state index contributed by atoms with van der Waals surface area (Å²) < 4.78 is 24.7. The number of methoxy groups -OCH3 is 1. The topological polar surface area (TPSA) is 63.7 Å².